The van der Waals surface area contributed by atoms with E-state index in [4.69, 9.17) is 21.9 Å². The van der Waals surface area contributed by atoms with Crippen molar-refractivity contribution in [3.05, 3.63) is 58.8 Å². The first-order chi connectivity index (χ1) is 9.19. The van der Waals surface area contributed by atoms with Gasteiger partial charge in [0.25, 0.3) is 0 Å². The molecule has 1 atom stereocenters. The van der Waals surface area contributed by atoms with Crippen LogP contribution in [0.15, 0.2) is 41.0 Å². The first-order valence-electron chi connectivity index (χ1n) is 6.11. The quantitative estimate of drug-likeness (QED) is 0.632. The van der Waals surface area contributed by atoms with Crippen molar-refractivity contribution < 1.29 is 8.81 Å². The number of rotatable bonds is 6. The predicted molar refractivity (Wildman–Crippen MR) is 73.3 cm³/mol. The first kappa shape index (κ1) is 14.1. The van der Waals surface area contributed by atoms with E-state index in [-0.39, 0.29) is 11.9 Å². The normalized spacial score (nSPS) is 12.6. The molecule has 1 aromatic carbocycles. The Balaban J connectivity index is 1.96. The summed E-state index contributed by atoms with van der Waals surface area (Å²) in [7, 11) is 0. The Hall–Kier alpha value is -1.36. The van der Waals surface area contributed by atoms with Crippen LogP contribution in [0.1, 0.15) is 17.7 Å². The fourth-order valence-electron chi connectivity index (χ4n) is 1.98. The van der Waals surface area contributed by atoms with Gasteiger partial charge in [-0.1, -0.05) is 11.6 Å². The number of hydrogen-bond donors (Lipinski definition) is 2. The largest absolute Gasteiger partial charge is 0.469 e. The second kappa shape index (κ2) is 6.70. The molecule has 0 amide bonds. The minimum Gasteiger partial charge on any atom is -0.469 e. The number of nitrogens with two attached hydrogens (primary N) is 1. The number of benzene rings is 1. The summed E-state index contributed by atoms with van der Waals surface area (Å²) in [4.78, 5) is 0. The predicted octanol–water partition coefficient (Wildman–Crippen LogP) is 3.08. The molecule has 19 heavy (non-hydrogen) atoms. The van der Waals surface area contributed by atoms with Crippen molar-refractivity contribution in [1.82, 2.24) is 5.43 Å². The summed E-state index contributed by atoms with van der Waals surface area (Å²) >= 11 is 6.04. The van der Waals surface area contributed by atoms with Crippen LogP contribution in [0, 0.1) is 5.82 Å². The van der Waals surface area contributed by atoms with Gasteiger partial charge >= 0.3 is 0 Å². The van der Waals surface area contributed by atoms with Gasteiger partial charge in [-0.2, -0.15) is 0 Å². The average molecular weight is 283 g/mol. The van der Waals surface area contributed by atoms with E-state index >= 15 is 0 Å². The molecule has 0 aliphatic rings. The molecule has 0 radical (unpaired) electrons. The molecule has 1 heterocycles. The summed E-state index contributed by atoms with van der Waals surface area (Å²) in [5, 5.41) is 0.555. The van der Waals surface area contributed by atoms with Crippen LogP contribution in [0.25, 0.3) is 0 Å². The van der Waals surface area contributed by atoms with Crippen LogP contribution in [-0.2, 0) is 12.8 Å². The highest BCUT2D eigenvalue weighted by Crippen LogP contribution is 2.20. The van der Waals surface area contributed by atoms with E-state index in [1.165, 1.54) is 12.1 Å². The lowest BCUT2D eigenvalue weighted by Crippen LogP contribution is -2.37. The summed E-state index contributed by atoms with van der Waals surface area (Å²) in [6, 6.07) is 8.14. The molecular formula is C14H16ClFN2O. The number of hydrogen-bond acceptors (Lipinski definition) is 3. The maximum atomic E-state index is 13.2. The smallest absolute Gasteiger partial charge is 0.123 e. The molecule has 1 unspecified atom stereocenters. The molecule has 3 nitrogen and oxygen atoms in total. The van der Waals surface area contributed by atoms with E-state index in [0.29, 0.717) is 11.4 Å². The minimum atomic E-state index is -0.291. The Morgan fingerprint density at radius 1 is 1.37 bits per heavy atom. The van der Waals surface area contributed by atoms with E-state index in [2.05, 4.69) is 5.43 Å². The Morgan fingerprint density at radius 2 is 2.21 bits per heavy atom. The van der Waals surface area contributed by atoms with Crippen molar-refractivity contribution in [2.45, 2.75) is 25.3 Å². The fraction of sp³-hybridized carbons (Fsp3) is 0.286. The summed E-state index contributed by atoms with van der Waals surface area (Å²) < 4.78 is 18.5. The molecule has 0 bridgehead atoms. The lowest BCUT2D eigenvalue weighted by Gasteiger charge is -2.16. The lowest BCUT2D eigenvalue weighted by atomic mass is 10.0. The standard InChI is InChI=1S/C14H16ClFN2O/c15-14-6-3-11(16)8-10(14)9-12(18-17)4-5-13-2-1-7-19-13/h1-3,6-8,12,18H,4-5,9,17H2. The van der Waals surface area contributed by atoms with Crippen molar-refractivity contribution in [2.24, 2.45) is 5.84 Å². The highest BCUT2D eigenvalue weighted by molar-refractivity contribution is 6.31. The topological polar surface area (TPSA) is 51.2 Å². The minimum absolute atomic E-state index is 0.0180. The number of nitrogens with one attached hydrogen (secondary N) is 1. The second-order valence-corrected chi connectivity index (χ2v) is 4.83. The maximum absolute atomic E-state index is 13.2. The van der Waals surface area contributed by atoms with Crippen LogP contribution in [0.4, 0.5) is 4.39 Å². The van der Waals surface area contributed by atoms with E-state index in [1.54, 1.807) is 12.3 Å². The van der Waals surface area contributed by atoms with Gasteiger partial charge in [-0.05, 0) is 48.7 Å². The van der Waals surface area contributed by atoms with Crippen molar-refractivity contribution >= 4 is 11.6 Å². The number of halogens is 2. The third kappa shape index (κ3) is 4.06. The number of furan rings is 1. The second-order valence-electron chi connectivity index (χ2n) is 4.42. The van der Waals surface area contributed by atoms with Gasteiger partial charge in [0.2, 0.25) is 0 Å². The highest BCUT2D eigenvalue weighted by atomic mass is 35.5. The number of hydrazine groups is 1. The van der Waals surface area contributed by atoms with Crippen LogP contribution in [0.2, 0.25) is 5.02 Å². The lowest BCUT2D eigenvalue weighted by molar-refractivity contribution is 0.447. The zero-order valence-electron chi connectivity index (χ0n) is 10.4. The first-order valence-corrected chi connectivity index (χ1v) is 6.49. The molecule has 1 aromatic heterocycles. The summed E-state index contributed by atoms with van der Waals surface area (Å²) in [5.74, 6) is 6.15. The van der Waals surface area contributed by atoms with E-state index in [9.17, 15) is 4.39 Å². The Kier molecular flexibility index (Phi) is 4.96. The molecule has 0 saturated heterocycles. The van der Waals surface area contributed by atoms with Gasteiger partial charge in [0, 0.05) is 17.5 Å². The molecule has 3 N–H and O–H groups in total. The van der Waals surface area contributed by atoms with Crippen molar-refractivity contribution in [1.29, 1.82) is 0 Å². The summed E-state index contributed by atoms with van der Waals surface area (Å²) in [5.41, 5.74) is 3.49. The molecule has 5 heteroatoms. The van der Waals surface area contributed by atoms with Crippen molar-refractivity contribution in [3.8, 4) is 0 Å². The van der Waals surface area contributed by atoms with E-state index in [0.717, 1.165) is 24.2 Å². The van der Waals surface area contributed by atoms with Crippen LogP contribution in [-0.4, -0.2) is 6.04 Å². The Morgan fingerprint density at radius 3 is 2.89 bits per heavy atom. The Bertz CT molecular complexity index is 516. The molecular weight excluding hydrogens is 267 g/mol. The van der Waals surface area contributed by atoms with Gasteiger partial charge in [-0.3, -0.25) is 11.3 Å². The molecule has 2 rings (SSSR count). The van der Waals surface area contributed by atoms with Gasteiger partial charge in [0.15, 0.2) is 0 Å². The molecule has 0 spiro atoms. The molecule has 0 fully saturated rings. The average Bonchev–Trinajstić information content (AvgIpc) is 2.91. The van der Waals surface area contributed by atoms with Gasteiger partial charge in [0.1, 0.15) is 11.6 Å². The monoisotopic (exact) mass is 282 g/mol. The third-order valence-corrected chi connectivity index (χ3v) is 3.40. The number of aryl methyl sites for hydroxylation is 1. The van der Waals surface area contributed by atoms with E-state index in [1.807, 2.05) is 12.1 Å². The zero-order chi connectivity index (χ0) is 13.7. The molecule has 0 aliphatic heterocycles. The fourth-order valence-corrected chi connectivity index (χ4v) is 2.18. The Labute approximate surface area is 116 Å². The van der Waals surface area contributed by atoms with Gasteiger partial charge in [-0.15, -0.1) is 0 Å². The SMILES string of the molecule is NNC(CCc1ccco1)Cc1cc(F)ccc1Cl. The van der Waals surface area contributed by atoms with Crippen LogP contribution >= 0.6 is 11.6 Å². The highest BCUT2D eigenvalue weighted by Gasteiger charge is 2.12. The van der Waals surface area contributed by atoms with Crippen LogP contribution in [0.3, 0.4) is 0 Å². The van der Waals surface area contributed by atoms with E-state index < -0.39 is 0 Å². The van der Waals surface area contributed by atoms with Crippen LogP contribution in [0.5, 0.6) is 0 Å². The third-order valence-electron chi connectivity index (χ3n) is 3.03. The van der Waals surface area contributed by atoms with Crippen molar-refractivity contribution in [3.63, 3.8) is 0 Å². The van der Waals surface area contributed by atoms with Gasteiger partial charge in [-0.25, -0.2) is 4.39 Å². The van der Waals surface area contributed by atoms with Crippen molar-refractivity contribution in [2.75, 3.05) is 0 Å². The zero-order valence-corrected chi connectivity index (χ0v) is 11.2. The summed E-state index contributed by atoms with van der Waals surface area (Å²) in [6.45, 7) is 0. The summed E-state index contributed by atoms with van der Waals surface area (Å²) in [6.07, 6.45) is 3.78. The molecule has 2 aromatic rings. The molecule has 0 saturated carbocycles. The molecule has 102 valence electrons. The molecule has 0 aliphatic carbocycles. The van der Waals surface area contributed by atoms with Crippen LogP contribution < -0.4 is 11.3 Å². The van der Waals surface area contributed by atoms with Gasteiger partial charge in [0.05, 0.1) is 6.26 Å². The maximum Gasteiger partial charge on any atom is 0.123 e. The van der Waals surface area contributed by atoms with Gasteiger partial charge < -0.3 is 4.42 Å².